The van der Waals surface area contributed by atoms with Gasteiger partial charge in [0.25, 0.3) is 5.91 Å². The van der Waals surface area contributed by atoms with E-state index in [1.54, 1.807) is 30.3 Å². The van der Waals surface area contributed by atoms with Crippen LogP contribution in [0.25, 0.3) is 0 Å². The second-order valence-electron chi connectivity index (χ2n) is 4.55. The van der Waals surface area contributed by atoms with Gasteiger partial charge in [0.1, 0.15) is 5.69 Å². The maximum Gasteiger partial charge on any atom is 0.303 e. The SMILES string of the molecule is CSc1ncc(NC(=O)C(OC(C)=O)c2ccccc2)c(N)n1. The first-order valence-corrected chi connectivity index (χ1v) is 7.93. The van der Waals surface area contributed by atoms with E-state index in [0.29, 0.717) is 10.7 Å². The molecule has 0 aliphatic rings. The number of amides is 1. The number of thioether (sulfide) groups is 1. The summed E-state index contributed by atoms with van der Waals surface area (Å²) < 4.78 is 5.12. The number of carbonyl (C=O) groups excluding carboxylic acids is 2. The summed E-state index contributed by atoms with van der Waals surface area (Å²) in [5, 5.41) is 3.09. The standard InChI is InChI=1S/C15H16N4O3S/c1-9(20)22-12(10-6-4-3-5-7-10)14(21)18-11-8-17-15(23-2)19-13(11)16/h3-8,12H,1-2H3,(H,18,21)(H2,16,17,19). The third-order valence-electron chi connectivity index (χ3n) is 2.86. The maximum atomic E-state index is 12.5. The zero-order valence-corrected chi connectivity index (χ0v) is 13.5. The first-order valence-electron chi connectivity index (χ1n) is 6.70. The number of nitrogens with zero attached hydrogens (tertiary/aromatic N) is 2. The molecule has 23 heavy (non-hydrogen) atoms. The summed E-state index contributed by atoms with van der Waals surface area (Å²) in [4.78, 5) is 31.8. The Morgan fingerprint density at radius 1 is 1.30 bits per heavy atom. The van der Waals surface area contributed by atoms with Crippen molar-refractivity contribution in [3.05, 3.63) is 42.1 Å². The van der Waals surface area contributed by atoms with Gasteiger partial charge >= 0.3 is 5.97 Å². The summed E-state index contributed by atoms with van der Waals surface area (Å²) in [5.41, 5.74) is 6.62. The Morgan fingerprint density at radius 3 is 2.57 bits per heavy atom. The number of esters is 1. The van der Waals surface area contributed by atoms with Gasteiger partial charge in [-0.05, 0) is 6.26 Å². The molecular weight excluding hydrogens is 316 g/mol. The number of carbonyl (C=O) groups is 2. The number of benzene rings is 1. The molecule has 1 unspecified atom stereocenters. The van der Waals surface area contributed by atoms with Crippen molar-refractivity contribution in [1.82, 2.24) is 9.97 Å². The third-order valence-corrected chi connectivity index (χ3v) is 3.42. The molecule has 0 aliphatic heterocycles. The van der Waals surface area contributed by atoms with Gasteiger partial charge in [-0.1, -0.05) is 42.1 Å². The lowest BCUT2D eigenvalue weighted by Gasteiger charge is -2.17. The third kappa shape index (κ3) is 4.43. The molecule has 1 aromatic heterocycles. The molecule has 1 atom stereocenters. The van der Waals surface area contributed by atoms with Gasteiger partial charge in [0.15, 0.2) is 11.0 Å². The van der Waals surface area contributed by atoms with Gasteiger partial charge in [0.2, 0.25) is 6.10 Å². The number of nitrogen functional groups attached to an aromatic ring is 1. The zero-order valence-electron chi connectivity index (χ0n) is 12.6. The van der Waals surface area contributed by atoms with Gasteiger partial charge in [0.05, 0.1) is 6.20 Å². The molecule has 0 aliphatic carbocycles. The lowest BCUT2D eigenvalue weighted by molar-refractivity contribution is -0.152. The minimum atomic E-state index is -1.08. The first kappa shape index (κ1) is 16.8. The number of hydrogen-bond acceptors (Lipinski definition) is 7. The molecule has 0 saturated heterocycles. The second-order valence-corrected chi connectivity index (χ2v) is 5.32. The van der Waals surface area contributed by atoms with E-state index in [2.05, 4.69) is 15.3 Å². The summed E-state index contributed by atoms with van der Waals surface area (Å²) in [6, 6.07) is 8.71. The summed E-state index contributed by atoms with van der Waals surface area (Å²) in [6.07, 6.45) is 2.16. The normalized spacial score (nSPS) is 11.6. The molecule has 0 radical (unpaired) electrons. The van der Waals surface area contributed by atoms with E-state index < -0.39 is 18.0 Å². The largest absolute Gasteiger partial charge is 0.447 e. The number of anilines is 2. The second kappa shape index (κ2) is 7.59. The van der Waals surface area contributed by atoms with Crippen LogP contribution in [-0.4, -0.2) is 28.1 Å². The zero-order chi connectivity index (χ0) is 16.8. The fourth-order valence-electron chi connectivity index (χ4n) is 1.84. The fraction of sp³-hybridized carbons (Fsp3) is 0.200. The molecule has 0 bridgehead atoms. The summed E-state index contributed by atoms with van der Waals surface area (Å²) >= 11 is 1.34. The van der Waals surface area contributed by atoms with Gasteiger partial charge in [0, 0.05) is 12.5 Å². The van der Waals surface area contributed by atoms with E-state index in [4.69, 9.17) is 10.5 Å². The van der Waals surface area contributed by atoms with E-state index in [9.17, 15) is 9.59 Å². The Bertz CT molecular complexity index is 709. The van der Waals surface area contributed by atoms with Crippen LogP contribution in [0.3, 0.4) is 0 Å². The molecule has 7 nitrogen and oxygen atoms in total. The highest BCUT2D eigenvalue weighted by Gasteiger charge is 2.24. The molecule has 2 aromatic rings. The smallest absolute Gasteiger partial charge is 0.303 e. The van der Waals surface area contributed by atoms with E-state index >= 15 is 0 Å². The Balaban J connectivity index is 2.23. The number of hydrogen-bond donors (Lipinski definition) is 2. The minimum Gasteiger partial charge on any atom is -0.447 e. The Hall–Kier alpha value is -2.61. The fourth-order valence-corrected chi connectivity index (χ4v) is 2.19. The quantitative estimate of drug-likeness (QED) is 0.490. The molecule has 1 aromatic carbocycles. The van der Waals surface area contributed by atoms with E-state index in [1.165, 1.54) is 24.9 Å². The molecule has 0 fully saturated rings. The first-order chi connectivity index (χ1) is 11.0. The van der Waals surface area contributed by atoms with Gasteiger partial charge in [-0.2, -0.15) is 0 Å². The lowest BCUT2D eigenvalue weighted by atomic mass is 10.1. The van der Waals surface area contributed by atoms with Crippen LogP contribution in [0.5, 0.6) is 0 Å². The summed E-state index contributed by atoms with van der Waals surface area (Å²) in [7, 11) is 0. The van der Waals surface area contributed by atoms with Gasteiger partial charge in [-0.25, -0.2) is 9.97 Å². The highest BCUT2D eigenvalue weighted by Crippen LogP contribution is 2.23. The lowest BCUT2D eigenvalue weighted by Crippen LogP contribution is -2.25. The van der Waals surface area contributed by atoms with Crippen LogP contribution in [0.2, 0.25) is 0 Å². The number of ether oxygens (including phenoxy) is 1. The Labute approximate surface area is 137 Å². The van der Waals surface area contributed by atoms with E-state index in [0.717, 1.165) is 0 Å². The van der Waals surface area contributed by atoms with Crippen molar-refractivity contribution in [2.24, 2.45) is 0 Å². The number of nitrogens with two attached hydrogens (primary N) is 1. The molecule has 120 valence electrons. The van der Waals surface area contributed by atoms with Crippen LogP contribution in [0.4, 0.5) is 11.5 Å². The predicted octanol–water partition coefficient (Wildman–Crippen LogP) is 2.02. The minimum absolute atomic E-state index is 0.146. The molecule has 1 amide bonds. The van der Waals surface area contributed by atoms with Crippen LogP contribution < -0.4 is 11.1 Å². The highest BCUT2D eigenvalue weighted by molar-refractivity contribution is 7.98. The van der Waals surface area contributed by atoms with Crippen molar-refractivity contribution in [2.75, 3.05) is 17.3 Å². The van der Waals surface area contributed by atoms with Crippen LogP contribution in [-0.2, 0) is 14.3 Å². The molecule has 2 rings (SSSR count). The van der Waals surface area contributed by atoms with Crippen molar-refractivity contribution in [3.8, 4) is 0 Å². The van der Waals surface area contributed by atoms with Gasteiger partial charge in [-0.15, -0.1) is 0 Å². The topological polar surface area (TPSA) is 107 Å². The van der Waals surface area contributed by atoms with Crippen molar-refractivity contribution in [1.29, 1.82) is 0 Å². The van der Waals surface area contributed by atoms with Crippen molar-refractivity contribution in [2.45, 2.75) is 18.2 Å². The van der Waals surface area contributed by atoms with Gasteiger partial charge in [-0.3, -0.25) is 9.59 Å². The number of nitrogens with one attached hydrogen (secondary N) is 1. The predicted molar refractivity (Wildman–Crippen MR) is 87.8 cm³/mol. The molecule has 0 saturated carbocycles. The highest BCUT2D eigenvalue weighted by atomic mass is 32.2. The van der Waals surface area contributed by atoms with Crippen LogP contribution in [0, 0.1) is 0 Å². The molecular formula is C15H16N4O3S. The average Bonchev–Trinajstić information content (AvgIpc) is 2.55. The molecule has 8 heteroatoms. The monoisotopic (exact) mass is 332 g/mol. The molecule has 3 N–H and O–H groups in total. The number of rotatable bonds is 5. The molecule has 1 heterocycles. The Kier molecular flexibility index (Phi) is 5.53. The maximum absolute atomic E-state index is 12.5. The Morgan fingerprint density at radius 2 is 2.00 bits per heavy atom. The van der Waals surface area contributed by atoms with E-state index in [1.807, 2.05) is 6.26 Å². The van der Waals surface area contributed by atoms with Crippen molar-refractivity contribution < 1.29 is 14.3 Å². The average molecular weight is 332 g/mol. The summed E-state index contributed by atoms with van der Waals surface area (Å²) in [6.45, 7) is 1.24. The van der Waals surface area contributed by atoms with E-state index in [-0.39, 0.29) is 11.5 Å². The van der Waals surface area contributed by atoms with Crippen molar-refractivity contribution in [3.63, 3.8) is 0 Å². The number of aromatic nitrogens is 2. The van der Waals surface area contributed by atoms with Gasteiger partial charge < -0.3 is 15.8 Å². The molecule has 0 spiro atoms. The van der Waals surface area contributed by atoms with Crippen LogP contribution >= 0.6 is 11.8 Å². The van der Waals surface area contributed by atoms with Crippen LogP contribution in [0.1, 0.15) is 18.6 Å². The summed E-state index contributed by atoms with van der Waals surface area (Å²) in [5.74, 6) is -0.943. The van der Waals surface area contributed by atoms with Crippen molar-refractivity contribution >= 4 is 35.1 Å². The van der Waals surface area contributed by atoms with Crippen LogP contribution in [0.15, 0.2) is 41.7 Å².